The summed E-state index contributed by atoms with van der Waals surface area (Å²) in [5.74, 6) is 0.459. The van der Waals surface area contributed by atoms with Crippen LogP contribution in [0.1, 0.15) is 24.1 Å². The summed E-state index contributed by atoms with van der Waals surface area (Å²) in [5, 5.41) is 5.50. The van der Waals surface area contributed by atoms with E-state index in [1.165, 1.54) is 5.56 Å². The molecule has 0 radical (unpaired) electrons. The van der Waals surface area contributed by atoms with E-state index in [0.29, 0.717) is 12.0 Å². The molecule has 2 atom stereocenters. The molecule has 0 fully saturated rings. The maximum Gasteiger partial charge on any atom is 0.193 e. The lowest BCUT2D eigenvalue weighted by molar-refractivity contribution is 0.479. The first-order valence-corrected chi connectivity index (χ1v) is 7.79. The Hall–Kier alpha value is -1.65. The molecule has 104 valence electrons. The second kappa shape index (κ2) is 5.77. The molecule has 1 N–H and O–H groups in total. The Morgan fingerprint density at radius 2 is 2.10 bits per heavy atom. The van der Waals surface area contributed by atoms with Gasteiger partial charge in [0.15, 0.2) is 4.96 Å². The fraction of sp³-hybridized carbons (Fsp3) is 0.312. The summed E-state index contributed by atoms with van der Waals surface area (Å²) in [4.78, 5) is 5.75. The summed E-state index contributed by atoms with van der Waals surface area (Å²) in [7, 11) is 2.03. The standard InChI is InChI=1S/C16H19N3S/c1-12(13-6-4-3-5-7-13)15(17-2)10-14-11-19-8-9-20-16(19)18-14/h3-9,11-12,15,17H,10H2,1-2H3. The Balaban J connectivity index is 1.78. The summed E-state index contributed by atoms with van der Waals surface area (Å²) in [6.07, 6.45) is 5.14. The Kier molecular flexibility index (Phi) is 3.85. The molecule has 0 aliphatic carbocycles. The number of fused-ring (bicyclic) bond motifs is 1. The quantitative estimate of drug-likeness (QED) is 0.779. The van der Waals surface area contributed by atoms with Crippen molar-refractivity contribution in [3.63, 3.8) is 0 Å². The van der Waals surface area contributed by atoms with Crippen molar-refractivity contribution in [3.05, 3.63) is 59.4 Å². The molecular formula is C16H19N3S. The van der Waals surface area contributed by atoms with Gasteiger partial charge in [0.2, 0.25) is 0 Å². The third kappa shape index (κ3) is 2.62. The fourth-order valence-electron chi connectivity index (χ4n) is 2.62. The van der Waals surface area contributed by atoms with Gasteiger partial charge >= 0.3 is 0 Å². The molecule has 3 aromatic rings. The molecule has 0 aliphatic heterocycles. The van der Waals surface area contributed by atoms with Crippen LogP contribution in [0.3, 0.4) is 0 Å². The number of nitrogens with one attached hydrogen (secondary N) is 1. The van der Waals surface area contributed by atoms with Gasteiger partial charge in [0.1, 0.15) is 0 Å². The second-order valence-electron chi connectivity index (χ2n) is 5.12. The van der Waals surface area contributed by atoms with E-state index in [0.717, 1.165) is 17.1 Å². The molecule has 3 rings (SSSR count). The van der Waals surface area contributed by atoms with Crippen LogP contribution in [-0.4, -0.2) is 22.5 Å². The number of imidazole rings is 1. The molecule has 2 aromatic heterocycles. The Morgan fingerprint density at radius 3 is 2.80 bits per heavy atom. The highest BCUT2D eigenvalue weighted by Crippen LogP contribution is 2.22. The number of rotatable bonds is 5. The van der Waals surface area contributed by atoms with Crippen molar-refractivity contribution in [3.8, 4) is 0 Å². The van der Waals surface area contributed by atoms with E-state index in [1.807, 2.05) is 7.05 Å². The zero-order valence-corrected chi connectivity index (χ0v) is 12.6. The highest BCUT2D eigenvalue weighted by molar-refractivity contribution is 7.15. The minimum absolute atomic E-state index is 0.391. The minimum Gasteiger partial charge on any atom is -0.316 e. The van der Waals surface area contributed by atoms with Gasteiger partial charge in [-0.05, 0) is 18.5 Å². The zero-order chi connectivity index (χ0) is 13.9. The Bertz CT molecular complexity index is 643. The lowest BCUT2D eigenvalue weighted by Gasteiger charge is -2.23. The van der Waals surface area contributed by atoms with Crippen LogP contribution in [0.15, 0.2) is 48.1 Å². The lowest BCUT2D eigenvalue weighted by Crippen LogP contribution is -2.33. The summed E-state index contributed by atoms with van der Waals surface area (Å²) in [5.41, 5.74) is 2.52. The van der Waals surface area contributed by atoms with E-state index in [1.54, 1.807) is 11.3 Å². The zero-order valence-electron chi connectivity index (χ0n) is 11.8. The van der Waals surface area contributed by atoms with Crippen LogP contribution in [0, 0.1) is 0 Å². The lowest BCUT2D eigenvalue weighted by atomic mass is 9.90. The number of hydrogen-bond donors (Lipinski definition) is 1. The van der Waals surface area contributed by atoms with E-state index in [2.05, 4.69) is 69.7 Å². The highest BCUT2D eigenvalue weighted by atomic mass is 32.1. The van der Waals surface area contributed by atoms with Crippen molar-refractivity contribution >= 4 is 16.3 Å². The van der Waals surface area contributed by atoms with Gasteiger partial charge in [0, 0.05) is 30.2 Å². The summed E-state index contributed by atoms with van der Waals surface area (Å²) < 4.78 is 2.10. The molecule has 4 heteroatoms. The van der Waals surface area contributed by atoms with Gasteiger partial charge in [-0.15, -0.1) is 11.3 Å². The number of nitrogens with zero attached hydrogens (tertiary/aromatic N) is 2. The van der Waals surface area contributed by atoms with Crippen molar-refractivity contribution in [1.29, 1.82) is 0 Å². The molecular weight excluding hydrogens is 266 g/mol. The van der Waals surface area contributed by atoms with E-state index in [-0.39, 0.29) is 0 Å². The van der Waals surface area contributed by atoms with Crippen LogP contribution >= 0.6 is 11.3 Å². The van der Waals surface area contributed by atoms with Crippen molar-refractivity contribution in [1.82, 2.24) is 14.7 Å². The summed E-state index contributed by atoms with van der Waals surface area (Å²) >= 11 is 1.68. The predicted molar refractivity (Wildman–Crippen MR) is 84.5 cm³/mol. The maximum atomic E-state index is 4.68. The van der Waals surface area contributed by atoms with Gasteiger partial charge in [-0.2, -0.15) is 0 Å². The second-order valence-corrected chi connectivity index (χ2v) is 6.00. The molecule has 2 heterocycles. The minimum atomic E-state index is 0.391. The first kappa shape index (κ1) is 13.3. The van der Waals surface area contributed by atoms with Gasteiger partial charge in [0.25, 0.3) is 0 Å². The summed E-state index contributed by atoms with van der Waals surface area (Å²) in [6, 6.07) is 11.0. The highest BCUT2D eigenvalue weighted by Gasteiger charge is 2.19. The number of likely N-dealkylation sites (N-methyl/N-ethyl adjacent to an activating group) is 1. The van der Waals surface area contributed by atoms with Crippen molar-refractivity contribution in [2.75, 3.05) is 7.05 Å². The first-order valence-electron chi connectivity index (χ1n) is 6.91. The van der Waals surface area contributed by atoms with E-state index < -0.39 is 0 Å². The third-order valence-electron chi connectivity index (χ3n) is 3.87. The average Bonchev–Trinajstić information content (AvgIpc) is 3.06. The molecule has 2 unspecified atom stereocenters. The summed E-state index contributed by atoms with van der Waals surface area (Å²) in [6.45, 7) is 2.27. The Morgan fingerprint density at radius 1 is 1.30 bits per heavy atom. The fourth-order valence-corrected chi connectivity index (χ4v) is 3.34. The number of aromatic nitrogens is 2. The third-order valence-corrected chi connectivity index (χ3v) is 4.64. The predicted octanol–water partition coefficient (Wildman–Crippen LogP) is 3.33. The topological polar surface area (TPSA) is 29.3 Å². The number of hydrogen-bond acceptors (Lipinski definition) is 3. The molecule has 20 heavy (non-hydrogen) atoms. The molecule has 0 saturated carbocycles. The average molecular weight is 285 g/mol. The SMILES string of the molecule is CNC(Cc1cn2ccsc2n1)C(C)c1ccccc1. The molecule has 0 amide bonds. The molecule has 0 aliphatic rings. The van der Waals surface area contributed by atoms with Crippen LogP contribution in [0.5, 0.6) is 0 Å². The van der Waals surface area contributed by atoms with Gasteiger partial charge in [-0.25, -0.2) is 4.98 Å². The van der Waals surface area contributed by atoms with E-state index in [9.17, 15) is 0 Å². The van der Waals surface area contributed by atoms with Crippen LogP contribution in [0.4, 0.5) is 0 Å². The van der Waals surface area contributed by atoms with E-state index >= 15 is 0 Å². The van der Waals surface area contributed by atoms with Gasteiger partial charge < -0.3 is 5.32 Å². The molecule has 3 nitrogen and oxygen atoms in total. The van der Waals surface area contributed by atoms with Crippen LogP contribution in [0.2, 0.25) is 0 Å². The van der Waals surface area contributed by atoms with Crippen LogP contribution in [-0.2, 0) is 6.42 Å². The van der Waals surface area contributed by atoms with Crippen molar-refractivity contribution in [2.24, 2.45) is 0 Å². The van der Waals surface area contributed by atoms with Crippen LogP contribution in [0.25, 0.3) is 4.96 Å². The first-order chi connectivity index (χ1) is 9.78. The van der Waals surface area contributed by atoms with Gasteiger partial charge in [-0.3, -0.25) is 4.40 Å². The molecule has 0 bridgehead atoms. The maximum absolute atomic E-state index is 4.68. The number of thiazole rings is 1. The van der Waals surface area contributed by atoms with Crippen molar-refractivity contribution in [2.45, 2.75) is 25.3 Å². The van der Waals surface area contributed by atoms with Gasteiger partial charge in [0.05, 0.1) is 5.69 Å². The van der Waals surface area contributed by atoms with Crippen molar-refractivity contribution < 1.29 is 0 Å². The monoisotopic (exact) mass is 285 g/mol. The largest absolute Gasteiger partial charge is 0.316 e. The molecule has 0 saturated heterocycles. The molecule has 0 spiro atoms. The van der Waals surface area contributed by atoms with E-state index in [4.69, 9.17) is 0 Å². The Labute approximate surface area is 123 Å². The number of benzene rings is 1. The molecule has 1 aromatic carbocycles. The normalized spacial score (nSPS) is 14.5. The van der Waals surface area contributed by atoms with Gasteiger partial charge in [-0.1, -0.05) is 37.3 Å². The van der Waals surface area contributed by atoms with Crippen LogP contribution < -0.4 is 5.32 Å². The smallest absolute Gasteiger partial charge is 0.193 e.